The van der Waals surface area contributed by atoms with Crippen molar-refractivity contribution in [2.75, 3.05) is 33.2 Å². The minimum Gasteiger partial charge on any atom is -0.326 e. The van der Waals surface area contributed by atoms with E-state index < -0.39 is 10.0 Å². The van der Waals surface area contributed by atoms with Gasteiger partial charge in [0.05, 0.1) is 5.02 Å². The Labute approximate surface area is 131 Å². The van der Waals surface area contributed by atoms with Gasteiger partial charge >= 0.3 is 0 Å². The molecule has 0 spiro atoms. The van der Waals surface area contributed by atoms with Crippen LogP contribution in [0.1, 0.15) is 18.4 Å². The molecule has 0 amide bonds. The zero-order chi connectivity index (χ0) is 15.5. The molecular formula is C14H22ClN3O2S. The van der Waals surface area contributed by atoms with Crippen LogP contribution in [0.2, 0.25) is 5.02 Å². The minimum atomic E-state index is -3.55. The maximum atomic E-state index is 12.5. The molecule has 0 radical (unpaired) electrons. The van der Waals surface area contributed by atoms with Crippen LogP contribution in [0.25, 0.3) is 0 Å². The lowest BCUT2D eigenvalue weighted by atomic mass is 10.2. The van der Waals surface area contributed by atoms with Crippen LogP contribution in [0.3, 0.4) is 0 Å². The number of nitrogens with zero attached hydrogens (tertiary/aromatic N) is 2. The third-order valence-corrected chi connectivity index (χ3v) is 6.19. The number of halogens is 1. The Morgan fingerprint density at radius 3 is 2.57 bits per heavy atom. The SMILES string of the molecule is CN(CCN1CCCC1)S(=O)(=O)c1ccc(CN)cc1Cl. The first-order valence-corrected chi connectivity index (χ1v) is 8.94. The second kappa shape index (κ2) is 7.07. The summed E-state index contributed by atoms with van der Waals surface area (Å²) in [6.07, 6.45) is 2.39. The molecule has 1 saturated heterocycles. The summed E-state index contributed by atoms with van der Waals surface area (Å²) in [5.41, 5.74) is 6.35. The van der Waals surface area contributed by atoms with Crippen molar-refractivity contribution in [1.82, 2.24) is 9.21 Å². The highest BCUT2D eigenvalue weighted by atomic mass is 35.5. The maximum absolute atomic E-state index is 12.5. The fourth-order valence-corrected chi connectivity index (χ4v) is 4.16. The summed E-state index contributed by atoms with van der Waals surface area (Å²) in [5.74, 6) is 0. The molecule has 2 N–H and O–H groups in total. The average molecular weight is 332 g/mol. The summed E-state index contributed by atoms with van der Waals surface area (Å²) < 4.78 is 26.5. The second-order valence-corrected chi connectivity index (χ2v) is 7.76. The zero-order valence-corrected chi connectivity index (χ0v) is 13.8. The molecule has 1 fully saturated rings. The van der Waals surface area contributed by atoms with Gasteiger partial charge in [-0.3, -0.25) is 0 Å². The van der Waals surface area contributed by atoms with Crippen molar-refractivity contribution < 1.29 is 8.42 Å². The molecule has 0 unspecified atom stereocenters. The molecule has 1 heterocycles. The first-order chi connectivity index (χ1) is 9.95. The van der Waals surface area contributed by atoms with Crippen LogP contribution >= 0.6 is 11.6 Å². The molecule has 21 heavy (non-hydrogen) atoms. The van der Waals surface area contributed by atoms with Gasteiger partial charge in [0, 0.05) is 26.7 Å². The smallest absolute Gasteiger partial charge is 0.244 e. The van der Waals surface area contributed by atoms with Crippen LogP contribution in [0.5, 0.6) is 0 Å². The highest BCUT2D eigenvalue weighted by Gasteiger charge is 2.24. The van der Waals surface area contributed by atoms with Gasteiger partial charge in [-0.25, -0.2) is 8.42 Å². The van der Waals surface area contributed by atoms with Crippen molar-refractivity contribution in [3.63, 3.8) is 0 Å². The van der Waals surface area contributed by atoms with Gasteiger partial charge in [0.2, 0.25) is 10.0 Å². The van der Waals surface area contributed by atoms with Gasteiger partial charge in [0.1, 0.15) is 4.90 Å². The average Bonchev–Trinajstić information content (AvgIpc) is 2.97. The molecular weight excluding hydrogens is 310 g/mol. The highest BCUT2D eigenvalue weighted by molar-refractivity contribution is 7.89. The largest absolute Gasteiger partial charge is 0.326 e. The maximum Gasteiger partial charge on any atom is 0.244 e. The Morgan fingerprint density at radius 1 is 1.33 bits per heavy atom. The molecule has 0 saturated carbocycles. The first kappa shape index (κ1) is 16.7. The van der Waals surface area contributed by atoms with Gasteiger partial charge in [0.15, 0.2) is 0 Å². The summed E-state index contributed by atoms with van der Waals surface area (Å²) in [6, 6.07) is 4.85. The molecule has 0 aliphatic carbocycles. The molecule has 118 valence electrons. The molecule has 1 aliphatic rings. The Kier molecular flexibility index (Phi) is 5.62. The molecule has 0 bridgehead atoms. The zero-order valence-electron chi connectivity index (χ0n) is 12.3. The lowest BCUT2D eigenvalue weighted by molar-refractivity contribution is 0.310. The standard InChI is InChI=1S/C14H22ClN3O2S/c1-17(8-9-18-6-2-3-7-18)21(19,20)14-5-4-12(11-16)10-13(14)15/h4-5,10H,2-3,6-9,11,16H2,1H3. The molecule has 1 aromatic rings. The molecule has 7 heteroatoms. The van der Waals surface area contributed by atoms with Crippen molar-refractivity contribution in [2.45, 2.75) is 24.3 Å². The normalized spacial score (nSPS) is 16.8. The van der Waals surface area contributed by atoms with E-state index in [2.05, 4.69) is 4.90 Å². The number of nitrogens with two attached hydrogens (primary N) is 1. The van der Waals surface area contributed by atoms with Crippen LogP contribution in [0.4, 0.5) is 0 Å². The Morgan fingerprint density at radius 2 is 2.00 bits per heavy atom. The van der Waals surface area contributed by atoms with Crippen molar-refractivity contribution in [3.8, 4) is 0 Å². The Bertz CT molecular complexity index is 586. The predicted molar refractivity (Wildman–Crippen MR) is 84.8 cm³/mol. The molecule has 0 atom stereocenters. The summed E-state index contributed by atoms with van der Waals surface area (Å²) in [6.45, 7) is 3.68. The lowest BCUT2D eigenvalue weighted by Crippen LogP contribution is -2.35. The number of rotatable bonds is 6. The van der Waals surface area contributed by atoms with Gasteiger partial charge < -0.3 is 10.6 Å². The quantitative estimate of drug-likeness (QED) is 0.858. The Balaban J connectivity index is 2.09. The van der Waals surface area contributed by atoms with Crippen LogP contribution in [0.15, 0.2) is 23.1 Å². The number of benzene rings is 1. The van der Waals surface area contributed by atoms with Gasteiger partial charge in [0.25, 0.3) is 0 Å². The number of sulfonamides is 1. The van der Waals surface area contributed by atoms with Crippen molar-refractivity contribution >= 4 is 21.6 Å². The molecule has 5 nitrogen and oxygen atoms in total. The van der Waals surface area contributed by atoms with E-state index in [1.807, 2.05) is 0 Å². The fourth-order valence-electron chi connectivity index (χ4n) is 2.46. The number of hydrogen-bond donors (Lipinski definition) is 1. The summed E-state index contributed by atoms with van der Waals surface area (Å²) in [5, 5.41) is 0.228. The Hall–Kier alpha value is -0.660. The van der Waals surface area contributed by atoms with E-state index in [0.717, 1.165) is 25.2 Å². The number of likely N-dealkylation sites (N-methyl/N-ethyl adjacent to an activating group) is 1. The van der Waals surface area contributed by atoms with Gasteiger partial charge in [-0.2, -0.15) is 4.31 Å². The van der Waals surface area contributed by atoms with Crippen LogP contribution in [-0.2, 0) is 16.6 Å². The van der Waals surface area contributed by atoms with Crippen LogP contribution in [0, 0.1) is 0 Å². The summed E-state index contributed by atoms with van der Waals surface area (Å²) in [7, 11) is -1.96. The van der Waals surface area contributed by atoms with Crippen molar-refractivity contribution in [2.24, 2.45) is 5.73 Å². The third kappa shape index (κ3) is 3.96. The fraction of sp³-hybridized carbons (Fsp3) is 0.571. The first-order valence-electron chi connectivity index (χ1n) is 7.12. The van der Waals surface area contributed by atoms with E-state index >= 15 is 0 Å². The predicted octanol–water partition coefficient (Wildman–Crippen LogP) is 1.51. The van der Waals surface area contributed by atoms with E-state index in [0.29, 0.717) is 13.1 Å². The van der Waals surface area contributed by atoms with Crippen LogP contribution in [-0.4, -0.2) is 50.8 Å². The van der Waals surface area contributed by atoms with Gasteiger partial charge in [-0.15, -0.1) is 0 Å². The second-order valence-electron chi connectivity index (χ2n) is 5.34. The van der Waals surface area contributed by atoms with Gasteiger partial charge in [-0.05, 0) is 43.6 Å². The van der Waals surface area contributed by atoms with E-state index in [-0.39, 0.29) is 9.92 Å². The van der Waals surface area contributed by atoms with E-state index in [1.165, 1.54) is 23.2 Å². The lowest BCUT2D eigenvalue weighted by Gasteiger charge is -2.21. The molecule has 2 rings (SSSR count). The summed E-state index contributed by atoms with van der Waals surface area (Å²) >= 11 is 6.09. The molecule has 0 aromatic heterocycles. The third-order valence-electron chi connectivity index (χ3n) is 3.85. The van der Waals surface area contributed by atoms with Crippen molar-refractivity contribution in [1.29, 1.82) is 0 Å². The molecule has 1 aliphatic heterocycles. The highest BCUT2D eigenvalue weighted by Crippen LogP contribution is 2.25. The van der Waals surface area contributed by atoms with Crippen molar-refractivity contribution in [3.05, 3.63) is 28.8 Å². The number of hydrogen-bond acceptors (Lipinski definition) is 4. The minimum absolute atomic E-state index is 0.144. The molecule has 1 aromatic carbocycles. The number of likely N-dealkylation sites (tertiary alicyclic amines) is 1. The van der Waals surface area contributed by atoms with E-state index in [9.17, 15) is 8.42 Å². The monoisotopic (exact) mass is 331 g/mol. The van der Waals surface area contributed by atoms with E-state index in [1.54, 1.807) is 19.2 Å². The van der Waals surface area contributed by atoms with E-state index in [4.69, 9.17) is 17.3 Å². The van der Waals surface area contributed by atoms with Gasteiger partial charge in [-0.1, -0.05) is 17.7 Å². The summed E-state index contributed by atoms with van der Waals surface area (Å²) in [4.78, 5) is 2.43. The van der Waals surface area contributed by atoms with Crippen LogP contribution < -0.4 is 5.73 Å². The topological polar surface area (TPSA) is 66.6 Å².